The third-order valence-corrected chi connectivity index (χ3v) is 5.09. The molecule has 1 aliphatic carbocycles. The maximum Gasteiger partial charge on any atom is 0.263 e. The van der Waals surface area contributed by atoms with Gasteiger partial charge in [0, 0.05) is 37.8 Å². The van der Waals surface area contributed by atoms with Crippen molar-refractivity contribution in [3.63, 3.8) is 0 Å². The number of pyridine rings is 1. The van der Waals surface area contributed by atoms with Crippen LogP contribution < -0.4 is 10.3 Å². The van der Waals surface area contributed by atoms with Crippen molar-refractivity contribution < 1.29 is 18.3 Å². The van der Waals surface area contributed by atoms with Crippen molar-refractivity contribution in [1.82, 2.24) is 9.47 Å². The molecule has 7 heteroatoms. The Kier molecular flexibility index (Phi) is 5.97. The van der Waals surface area contributed by atoms with Crippen molar-refractivity contribution in [3.8, 4) is 17.6 Å². The first-order valence-corrected chi connectivity index (χ1v) is 9.64. The molecule has 158 valence electrons. The Morgan fingerprint density at radius 3 is 2.47 bits per heavy atom. The number of carbonyl (C=O) groups excluding carboxylic acids is 1. The van der Waals surface area contributed by atoms with E-state index in [0.717, 1.165) is 5.56 Å². The van der Waals surface area contributed by atoms with Crippen LogP contribution in [0.15, 0.2) is 41.2 Å². The van der Waals surface area contributed by atoms with E-state index in [-0.39, 0.29) is 30.5 Å². The molecule has 1 amide bonds. The molecule has 0 saturated heterocycles. The highest BCUT2D eigenvalue weighted by molar-refractivity contribution is 5.77. The summed E-state index contributed by atoms with van der Waals surface area (Å²) >= 11 is 0. The van der Waals surface area contributed by atoms with Gasteiger partial charge in [0.1, 0.15) is 5.75 Å². The van der Waals surface area contributed by atoms with Crippen LogP contribution in [0, 0.1) is 24.7 Å². The van der Waals surface area contributed by atoms with Gasteiger partial charge >= 0.3 is 0 Å². The van der Waals surface area contributed by atoms with E-state index < -0.39 is 11.8 Å². The molecule has 30 heavy (non-hydrogen) atoms. The van der Waals surface area contributed by atoms with E-state index >= 15 is 0 Å². The van der Waals surface area contributed by atoms with Crippen LogP contribution in [0.5, 0.6) is 5.75 Å². The Labute approximate surface area is 174 Å². The molecule has 1 aromatic carbocycles. The van der Waals surface area contributed by atoms with Crippen molar-refractivity contribution in [2.24, 2.45) is 5.92 Å². The third kappa shape index (κ3) is 4.88. The maximum absolute atomic E-state index is 12.9. The molecule has 2 aromatic rings. The predicted molar refractivity (Wildman–Crippen MR) is 110 cm³/mol. The molecule has 2 atom stereocenters. The van der Waals surface area contributed by atoms with Gasteiger partial charge in [0.05, 0.1) is 12.0 Å². The standard InChI is InChI=1S/C23H24F2N2O3/c1-15-11-20(30-14-22(29)26(3)4)12-21(28)27(15)16(2)18-8-5-17(6-9-18)7-10-19-13-23(19,24)25/h5-6,8-9,11-12,16,19H,13-14H2,1-4H3/t16-,19?/m1/s1. The molecule has 5 nitrogen and oxygen atoms in total. The Hall–Kier alpha value is -3.14. The van der Waals surface area contributed by atoms with Gasteiger partial charge in [0.25, 0.3) is 17.4 Å². The number of halogens is 2. The minimum absolute atomic E-state index is 0.138. The van der Waals surface area contributed by atoms with Crippen LogP contribution in [0.2, 0.25) is 0 Å². The highest BCUT2D eigenvalue weighted by atomic mass is 19.3. The van der Waals surface area contributed by atoms with Gasteiger partial charge in [-0.05, 0) is 37.6 Å². The summed E-state index contributed by atoms with van der Waals surface area (Å²) in [6.45, 7) is 3.56. The molecule has 1 aromatic heterocycles. The van der Waals surface area contributed by atoms with Crippen molar-refractivity contribution in [2.45, 2.75) is 32.2 Å². The molecule has 0 N–H and O–H groups in total. The lowest BCUT2D eigenvalue weighted by molar-refractivity contribution is -0.130. The van der Waals surface area contributed by atoms with E-state index in [9.17, 15) is 18.4 Å². The number of ether oxygens (including phenoxy) is 1. The van der Waals surface area contributed by atoms with Gasteiger partial charge in [-0.15, -0.1) is 0 Å². The van der Waals surface area contributed by atoms with Gasteiger partial charge < -0.3 is 14.2 Å². The van der Waals surface area contributed by atoms with Crippen LogP contribution in [0.3, 0.4) is 0 Å². The number of rotatable bonds is 5. The largest absolute Gasteiger partial charge is 0.484 e. The van der Waals surface area contributed by atoms with E-state index in [0.29, 0.717) is 17.0 Å². The number of amides is 1. The van der Waals surface area contributed by atoms with E-state index in [4.69, 9.17) is 4.74 Å². The van der Waals surface area contributed by atoms with Gasteiger partial charge in [-0.1, -0.05) is 24.0 Å². The Bertz CT molecular complexity index is 1060. The van der Waals surface area contributed by atoms with Crippen molar-refractivity contribution in [3.05, 3.63) is 63.6 Å². The normalized spacial score (nSPS) is 17.5. The summed E-state index contributed by atoms with van der Waals surface area (Å²) in [5, 5.41) is 0. The SMILES string of the molecule is Cc1cc(OCC(=O)N(C)C)cc(=O)n1[C@H](C)c1ccc(C#CC2CC2(F)F)cc1. The fourth-order valence-corrected chi connectivity index (χ4v) is 3.07. The average molecular weight is 414 g/mol. The number of likely N-dealkylation sites (N-methyl/N-ethyl adjacent to an activating group) is 1. The maximum atomic E-state index is 12.9. The summed E-state index contributed by atoms with van der Waals surface area (Å²) in [6, 6.07) is 10.1. The molecule has 0 radical (unpaired) electrons. The van der Waals surface area contributed by atoms with Crippen LogP contribution in [0.25, 0.3) is 0 Å². The molecular formula is C23H24F2N2O3. The lowest BCUT2D eigenvalue weighted by atomic mass is 10.1. The molecule has 1 unspecified atom stereocenters. The summed E-state index contributed by atoms with van der Waals surface area (Å²) in [4.78, 5) is 25.7. The number of carbonyl (C=O) groups is 1. The van der Waals surface area contributed by atoms with E-state index in [1.54, 1.807) is 43.8 Å². The van der Waals surface area contributed by atoms with Gasteiger partial charge in [-0.25, -0.2) is 8.78 Å². The molecule has 0 spiro atoms. The third-order valence-electron chi connectivity index (χ3n) is 5.09. The highest BCUT2D eigenvalue weighted by Gasteiger charge is 2.56. The van der Waals surface area contributed by atoms with E-state index in [2.05, 4.69) is 11.8 Å². The first-order chi connectivity index (χ1) is 14.1. The number of nitrogens with zero attached hydrogens (tertiary/aromatic N) is 2. The zero-order valence-corrected chi connectivity index (χ0v) is 17.4. The van der Waals surface area contributed by atoms with E-state index in [1.807, 2.05) is 19.1 Å². The molecular weight excluding hydrogens is 390 g/mol. The smallest absolute Gasteiger partial charge is 0.263 e. The van der Waals surface area contributed by atoms with Crippen molar-refractivity contribution in [2.75, 3.05) is 20.7 Å². The second kappa shape index (κ2) is 8.31. The van der Waals surface area contributed by atoms with Crippen LogP contribution >= 0.6 is 0 Å². The summed E-state index contributed by atoms with van der Waals surface area (Å²) < 4.78 is 32.9. The Morgan fingerprint density at radius 2 is 1.93 bits per heavy atom. The van der Waals surface area contributed by atoms with Crippen molar-refractivity contribution >= 4 is 5.91 Å². The fourth-order valence-electron chi connectivity index (χ4n) is 3.07. The van der Waals surface area contributed by atoms with E-state index in [1.165, 1.54) is 11.0 Å². The highest BCUT2D eigenvalue weighted by Crippen LogP contribution is 2.48. The summed E-state index contributed by atoms with van der Waals surface area (Å²) in [7, 11) is 3.27. The molecule has 0 aliphatic heterocycles. The fraction of sp³-hybridized carbons (Fsp3) is 0.391. The lowest BCUT2D eigenvalue weighted by Gasteiger charge is -2.20. The lowest BCUT2D eigenvalue weighted by Crippen LogP contribution is -2.29. The monoisotopic (exact) mass is 414 g/mol. The number of hydrogen-bond acceptors (Lipinski definition) is 3. The molecule has 0 bridgehead atoms. The van der Waals surface area contributed by atoms with Crippen LogP contribution in [-0.4, -0.2) is 42.0 Å². The van der Waals surface area contributed by atoms with Crippen molar-refractivity contribution in [1.29, 1.82) is 0 Å². The average Bonchev–Trinajstić information content (AvgIpc) is 3.30. The Morgan fingerprint density at radius 1 is 1.30 bits per heavy atom. The number of aryl methyl sites for hydroxylation is 1. The van der Waals surface area contributed by atoms with Gasteiger partial charge in [-0.3, -0.25) is 9.59 Å². The van der Waals surface area contributed by atoms with Gasteiger partial charge in [0.2, 0.25) is 0 Å². The topological polar surface area (TPSA) is 51.5 Å². The first kappa shape index (κ1) is 21.6. The number of benzene rings is 1. The van der Waals surface area contributed by atoms with Crippen LogP contribution in [0.4, 0.5) is 8.78 Å². The molecule has 1 aliphatic rings. The zero-order valence-electron chi connectivity index (χ0n) is 17.4. The quantitative estimate of drug-likeness (QED) is 0.706. The first-order valence-electron chi connectivity index (χ1n) is 9.64. The van der Waals surface area contributed by atoms with Gasteiger partial charge in [0.15, 0.2) is 6.61 Å². The Balaban J connectivity index is 1.74. The summed E-state index contributed by atoms with van der Waals surface area (Å²) in [6.07, 6.45) is -0.166. The second-order valence-electron chi connectivity index (χ2n) is 7.70. The zero-order chi connectivity index (χ0) is 22.1. The molecule has 3 rings (SSSR count). The van der Waals surface area contributed by atoms with Crippen LogP contribution in [-0.2, 0) is 4.79 Å². The second-order valence-corrected chi connectivity index (χ2v) is 7.70. The molecule has 1 fully saturated rings. The number of hydrogen-bond donors (Lipinski definition) is 0. The predicted octanol–water partition coefficient (Wildman–Crippen LogP) is 3.24. The van der Waals surface area contributed by atoms with Gasteiger partial charge in [-0.2, -0.15) is 0 Å². The van der Waals surface area contributed by atoms with Crippen LogP contribution in [0.1, 0.15) is 36.2 Å². The summed E-state index contributed by atoms with van der Waals surface area (Å²) in [5.74, 6) is 2.05. The minimum atomic E-state index is -2.64. The molecule has 1 heterocycles. The number of aromatic nitrogens is 1. The molecule has 1 saturated carbocycles. The summed E-state index contributed by atoms with van der Waals surface area (Å²) in [5.41, 5.74) is 2.00. The number of alkyl halides is 2. The minimum Gasteiger partial charge on any atom is -0.484 e.